The molecule has 8 bridgehead atoms. The minimum atomic E-state index is 0.322. The van der Waals surface area contributed by atoms with Crippen molar-refractivity contribution in [3.8, 4) is 0 Å². The van der Waals surface area contributed by atoms with Gasteiger partial charge >= 0.3 is 0 Å². The smallest absolute Gasteiger partial charge is 0.0694 e. The van der Waals surface area contributed by atoms with E-state index in [0.717, 1.165) is 107 Å². The molecule has 602 valence electrons. The van der Waals surface area contributed by atoms with Gasteiger partial charge in [-0.15, -0.1) is 0 Å². The van der Waals surface area contributed by atoms with Gasteiger partial charge in [-0.3, -0.25) is 0 Å². The first-order chi connectivity index (χ1) is 47.9. The first kappa shape index (κ1) is 99.8. The Morgan fingerprint density at radius 3 is 1.08 bits per heavy atom. The molecular formula is C90H176O11. The van der Waals surface area contributed by atoms with Crippen molar-refractivity contribution in [2.75, 3.05) is 67.1 Å². The lowest BCUT2D eigenvalue weighted by molar-refractivity contribution is -0.180. The molecule has 0 aromatic heterocycles. The van der Waals surface area contributed by atoms with E-state index in [1.54, 1.807) is 33.5 Å². The van der Waals surface area contributed by atoms with E-state index in [9.17, 15) is 0 Å². The van der Waals surface area contributed by atoms with Crippen molar-refractivity contribution in [3.63, 3.8) is 0 Å². The van der Waals surface area contributed by atoms with E-state index < -0.39 is 0 Å². The lowest BCUT2D eigenvalue weighted by Crippen LogP contribution is -2.52. The van der Waals surface area contributed by atoms with Crippen LogP contribution in [0.1, 0.15) is 352 Å². The van der Waals surface area contributed by atoms with Crippen LogP contribution in [0.4, 0.5) is 0 Å². The Morgan fingerprint density at radius 1 is 0.376 bits per heavy atom. The van der Waals surface area contributed by atoms with Gasteiger partial charge in [0.15, 0.2) is 0 Å². The predicted octanol–water partition coefficient (Wildman–Crippen LogP) is 24.8. The molecule has 0 unspecified atom stereocenters. The summed E-state index contributed by atoms with van der Waals surface area (Å²) in [6.07, 6.45) is 45.6. The van der Waals surface area contributed by atoms with Crippen LogP contribution >= 0.6 is 0 Å². The molecule has 0 saturated heterocycles. The van der Waals surface area contributed by atoms with Crippen molar-refractivity contribution < 1.29 is 52.1 Å². The number of rotatable bonds is 26. The molecule has 11 heteroatoms. The minimum Gasteiger partial charge on any atom is -0.385 e. The van der Waals surface area contributed by atoms with E-state index in [1.165, 1.54) is 166 Å². The van der Waals surface area contributed by atoms with Crippen molar-refractivity contribution >= 4 is 0 Å². The zero-order chi connectivity index (χ0) is 76.0. The van der Waals surface area contributed by atoms with E-state index in [2.05, 4.69) is 112 Å². The van der Waals surface area contributed by atoms with Crippen LogP contribution in [0.5, 0.6) is 0 Å². The second-order valence-electron chi connectivity index (χ2n) is 34.1. The molecule has 0 heterocycles. The number of hydrogen-bond donors (Lipinski definition) is 0. The fourth-order valence-electron chi connectivity index (χ4n) is 16.8. The Bertz CT molecular complexity index is 1810. The summed E-state index contributed by atoms with van der Waals surface area (Å²) in [7, 11) is 3.38. The van der Waals surface area contributed by atoms with Crippen LogP contribution in [0.2, 0.25) is 0 Å². The van der Waals surface area contributed by atoms with E-state index in [1.807, 2.05) is 89.2 Å². The quantitative estimate of drug-likeness (QED) is 0.0886. The van der Waals surface area contributed by atoms with Crippen LogP contribution < -0.4 is 0 Å². The zero-order valence-electron chi connectivity index (χ0n) is 72.0. The highest BCUT2D eigenvalue weighted by molar-refractivity contribution is 5.14. The SMILES string of the molecule is CC(C)OC(C)C.CC(C)OC12CC3CC(CC(C3)C1)C2.CC(C)OC1CCCCC1.CC(C)OCC12CC3CC(CC(C3)C1)C2.CC(C)OCC1CCCCC1.CC(C)OCCC1CCCCC1.CC(C)OCCc1ccccc1.CCOC.CCOC(C)C.CCOCC.COC(C)C. The first-order valence-electron chi connectivity index (χ1n) is 42.7. The molecule has 0 N–H and O–H groups in total. The lowest BCUT2D eigenvalue weighted by Gasteiger charge is -2.56. The maximum absolute atomic E-state index is 6.25. The third-order valence-corrected chi connectivity index (χ3v) is 20.4. The van der Waals surface area contributed by atoms with Gasteiger partial charge in [0.25, 0.3) is 0 Å². The summed E-state index contributed by atoms with van der Waals surface area (Å²) in [5.74, 6) is 8.06. The van der Waals surface area contributed by atoms with Crippen molar-refractivity contribution in [3.05, 3.63) is 35.9 Å². The maximum atomic E-state index is 6.25. The van der Waals surface area contributed by atoms with Crippen LogP contribution in [-0.4, -0.2) is 140 Å². The highest BCUT2D eigenvalue weighted by Crippen LogP contribution is 2.60. The van der Waals surface area contributed by atoms with Crippen molar-refractivity contribution in [2.24, 2.45) is 52.8 Å². The van der Waals surface area contributed by atoms with Gasteiger partial charge in [-0.25, -0.2) is 0 Å². The number of benzene rings is 1. The Morgan fingerprint density at radius 2 is 0.762 bits per heavy atom. The summed E-state index contributed by atoms with van der Waals surface area (Å²) < 4.78 is 58.9. The van der Waals surface area contributed by atoms with Gasteiger partial charge in [0.1, 0.15) is 0 Å². The zero-order valence-corrected chi connectivity index (χ0v) is 72.0. The average Bonchev–Trinajstić information content (AvgIpc) is 0.762. The van der Waals surface area contributed by atoms with Crippen molar-refractivity contribution in [1.82, 2.24) is 0 Å². The monoisotopic (exact) mass is 1430 g/mol. The van der Waals surface area contributed by atoms with Crippen molar-refractivity contribution in [2.45, 2.75) is 425 Å². The summed E-state index contributed by atoms with van der Waals surface area (Å²) in [5, 5.41) is 0. The van der Waals surface area contributed by atoms with Crippen LogP contribution in [0.25, 0.3) is 0 Å². The Labute approximate surface area is 629 Å². The molecular weight excluding hydrogens is 1260 g/mol. The van der Waals surface area contributed by atoms with E-state index in [-0.39, 0.29) is 0 Å². The van der Waals surface area contributed by atoms with Crippen LogP contribution in [-0.2, 0) is 58.5 Å². The Balaban J connectivity index is 0.00000111. The van der Waals surface area contributed by atoms with Gasteiger partial charge in [-0.1, -0.05) is 101 Å². The molecule has 1 aromatic rings. The first-order valence-corrected chi connectivity index (χ1v) is 42.7. The van der Waals surface area contributed by atoms with E-state index in [4.69, 9.17) is 47.4 Å². The fourth-order valence-corrected chi connectivity index (χ4v) is 16.8. The normalized spacial score (nSPS) is 24.8. The summed E-state index contributed by atoms with van der Waals surface area (Å²) in [6.45, 7) is 56.9. The third-order valence-electron chi connectivity index (χ3n) is 20.4. The molecule has 101 heavy (non-hydrogen) atoms. The molecule has 11 aliphatic rings. The second kappa shape index (κ2) is 61.6. The molecule has 0 aliphatic heterocycles. The van der Waals surface area contributed by atoms with Gasteiger partial charge in [-0.05, 0) is 340 Å². The van der Waals surface area contributed by atoms with E-state index in [0.29, 0.717) is 78.2 Å². The molecule has 11 aliphatic carbocycles. The summed E-state index contributed by atoms with van der Waals surface area (Å²) in [6, 6.07) is 10.4. The maximum Gasteiger partial charge on any atom is 0.0694 e. The highest BCUT2D eigenvalue weighted by atomic mass is 16.5. The molecule has 12 rings (SSSR count). The van der Waals surface area contributed by atoms with Gasteiger partial charge in [0.05, 0.1) is 86.0 Å². The molecule has 0 amide bonds. The summed E-state index contributed by atoms with van der Waals surface area (Å²) >= 11 is 0. The van der Waals surface area contributed by atoms with Gasteiger partial charge in [-0.2, -0.15) is 0 Å². The average molecular weight is 1430 g/mol. The van der Waals surface area contributed by atoms with Crippen molar-refractivity contribution in [1.29, 1.82) is 0 Å². The van der Waals surface area contributed by atoms with Crippen LogP contribution in [0.3, 0.4) is 0 Å². The van der Waals surface area contributed by atoms with Gasteiger partial charge in [0.2, 0.25) is 0 Å². The number of methoxy groups -OCH3 is 2. The van der Waals surface area contributed by atoms with Gasteiger partial charge in [0, 0.05) is 53.9 Å². The van der Waals surface area contributed by atoms with E-state index >= 15 is 0 Å². The molecule has 0 radical (unpaired) electrons. The predicted molar refractivity (Wildman–Crippen MR) is 433 cm³/mol. The molecule has 11 nitrogen and oxygen atoms in total. The second-order valence-corrected chi connectivity index (χ2v) is 34.1. The summed E-state index contributed by atoms with van der Waals surface area (Å²) in [5.41, 5.74) is 2.28. The Hall–Kier alpha value is -1.22. The molecule has 0 spiro atoms. The summed E-state index contributed by atoms with van der Waals surface area (Å²) in [4.78, 5) is 0. The largest absolute Gasteiger partial charge is 0.385 e. The highest BCUT2D eigenvalue weighted by Gasteiger charge is 2.52. The molecule has 0 atom stereocenters. The topological polar surface area (TPSA) is 102 Å². The third kappa shape index (κ3) is 55.8. The van der Waals surface area contributed by atoms with Crippen LogP contribution in [0.15, 0.2) is 30.3 Å². The fraction of sp³-hybridized carbons (Fsp3) is 0.933. The number of hydrogen-bond acceptors (Lipinski definition) is 11. The lowest BCUT2D eigenvalue weighted by atomic mass is 9.50. The minimum absolute atomic E-state index is 0.322. The number of ether oxygens (including phenoxy) is 11. The van der Waals surface area contributed by atoms with Gasteiger partial charge < -0.3 is 52.1 Å². The Kier molecular flexibility index (Phi) is 60.9. The molecule has 11 fully saturated rings. The molecule has 11 saturated carbocycles. The molecule has 1 aromatic carbocycles. The van der Waals surface area contributed by atoms with Crippen LogP contribution in [0, 0.1) is 52.8 Å². The standard InChI is InChI=1S/C14H24O.C13H22O.C11H22O.C11H16O.C10H20O.C9H18O.C6H14O.C5H12O.2C4H10O.C3H8O/c1-10(2)15-9-14-6-11-3-12(7-14)5-13(4-11)8-14;1-9(2)14-13-6-10-3-11(7-13)5-12(4-10)8-13;2*1-10(2)12-9-8-11-6-4-3-5-7-11;1-9(2)11-8-10-6-4-3-5-7-10;1-8(2)10-9-6-4-3-5-7-9;1-5(2)7-6(3)4;1-4-6-5(2)3;1-4(2)5-3;1-3-5-4-2;1-3-4-2/h10-13H,3-9H2,1-2H3;9-12H,3-8H2,1-2H3;10-11H,3-9H2,1-2H3;3-7,10H,8-9H2,1-2H3;9-10H,3-8H2,1-2H3;8-9H,3-7H2,1-2H3;5-6H,1-4H3;5H,4H2,1-3H3;4H,1-3H3;3-4H2,1-2H3;3H2,1-2H3.